The van der Waals surface area contributed by atoms with E-state index in [0.717, 1.165) is 6.07 Å². The molecule has 2 rings (SSSR count). The van der Waals surface area contributed by atoms with Crippen LogP contribution in [0.4, 0.5) is 10.2 Å². The van der Waals surface area contributed by atoms with Crippen LogP contribution in [0, 0.1) is 5.82 Å². The molecule has 0 unspecified atom stereocenters. The first-order valence-electron chi connectivity index (χ1n) is 6.13. The van der Waals surface area contributed by atoms with Crippen LogP contribution in [0.5, 0.6) is 0 Å². The van der Waals surface area contributed by atoms with Crippen molar-refractivity contribution in [3.63, 3.8) is 0 Å². The molecule has 0 aliphatic carbocycles. The van der Waals surface area contributed by atoms with Crippen LogP contribution in [-0.4, -0.2) is 32.5 Å². The first-order chi connectivity index (χ1) is 9.88. The van der Waals surface area contributed by atoms with Gasteiger partial charge in [0.15, 0.2) is 0 Å². The fraction of sp³-hybridized carbons (Fsp3) is 0.231. The Balaban J connectivity index is 2.14. The summed E-state index contributed by atoms with van der Waals surface area (Å²) in [4.78, 5) is 9.85. The predicted molar refractivity (Wildman–Crippen MR) is 76.8 cm³/mol. The Bertz CT molecular complexity index is 734. The van der Waals surface area contributed by atoms with Crippen molar-refractivity contribution in [2.24, 2.45) is 0 Å². The van der Waals surface area contributed by atoms with Gasteiger partial charge in [0.25, 0.3) is 0 Å². The van der Waals surface area contributed by atoms with Gasteiger partial charge in [-0.25, -0.2) is 27.5 Å². The SMILES string of the molecule is CN(C)c1ccnc(CNS(=O)(=O)c2cccc(F)c2)n1. The summed E-state index contributed by atoms with van der Waals surface area (Å²) < 4.78 is 39.5. The van der Waals surface area contributed by atoms with E-state index in [1.165, 1.54) is 18.2 Å². The highest BCUT2D eigenvalue weighted by Crippen LogP contribution is 2.11. The highest BCUT2D eigenvalue weighted by molar-refractivity contribution is 7.89. The third-order valence-electron chi connectivity index (χ3n) is 2.68. The zero-order valence-corrected chi connectivity index (χ0v) is 12.4. The first-order valence-corrected chi connectivity index (χ1v) is 7.61. The molecular formula is C13H15FN4O2S. The first kappa shape index (κ1) is 15.3. The number of halogens is 1. The molecule has 0 radical (unpaired) electrons. The molecule has 0 bridgehead atoms. The van der Waals surface area contributed by atoms with E-state index >= 15 is 0 Å². The summed E-state index contributed by atoms with van der Waals surface area (Å²) >= 11 is 0. The van der Waals surface area contributed by atoms with Gasteiger partial charge in [0.1, 0.15) is 17.5 Å². The molecule has 0 fully saturated rings. The Morgan fingerprint density at radius 2 is 2.05 bits per heavy atom. The Morgan fingerprint density at radius 1 is 1.29 bits per heavy atom. The molecule has 1 N–H and O–H groups in total. The number of rotatable bonds is 5. The van der Waals surface area contributed by atoms with Gasteiger partial charge in [-0.3, -0.25) is 0 Å². The zero-order valence-electron chi connectivity index (χ0n) is 11.6. The van der Waals surface area contributed by atoms with Crippen LogP contribution in [-0.2, 0) is 16.6 Å². The molecule has 6 nitrogen and oxygen atoms in total. The third-order valence-corrected chi connectivity index (χ3v) is 4.07. The van der Waals surface area contributed by atoms with Crippen LogP contribution in [0.2, 0.25) is 0 Å². The fourth-order valence-corrected chi connectivity index (χ4v) is 2.61. The van der Waals surface area contributed by atoms with Gasteiger partial charge in [0.05, 0.1) is 11.4 Å². The van der Waals surface area contributed by atoms with E-state index in [-0.39, 0.29) is 11.4 Å². The summed E-state index contributed by atoms with van der Waals surface area (Å²) in [6.45, 7) is -0.0689. The molecular weight excluding hydrogens is 295 g/mol. The number of benzene rings is 1. The molecule has 112 valence electrons. The fourth-order valence-electron chi connectivity index (χ4n) is 1.60. The van der Waals surface area contributed by atoms with Gasteiger partial charge < -0.3 is 4.90 Å². The average Bonchev–Trinajstić information content (AvgIpc) is 2.45. The van der Waals surface area contributed by atoms with Crippen molar-refractivity contribution in [3.05, 3.63) is 48.2 Å². The molecule has 0 aliphatic rings. The van der Waals surface area contributed by atoms with Crippen molar-refractivity contribution in [2.45, 2.75) is 11.4 Å². The second-order valence-corrected chi connectivity index (χ2v) is 6.27. The van der Waals surface area contributed by atoms with Crippen LogP contribution in [0.15, 0.2) is 41.4 Å². The molecule has 1 aromatic carbocycles. The van der Waals surface area contributed by atoms with E-state index in [2.05, 4.69) is 14.7 Å². The lowest BCUT2D eigenvalue weighted by Crippen LogP contribution is -2.25. The van der Waals surface area contributed by atoms with E-state index in [1.807, 2.05) is 14.1 Å². The van der Waals surface area contributed by atoms with E-state index in [0.29, 0.717) is 11.6 Å². The van der Waals surface area contributed by atoms with Crippen molar-refractivity contribution in [1.82, 2.24) is 14.7 Å². The number of hydrogen-bond donors (Lipinski definition) is 1. The molecule has 1 aromatic heterocycles. The van der Waals surface area contributed by atoms with Crippen LogP contribution < -0.4 is 9.62 Å². The van der Waals surface area contributed by atoms with Gasteiger partial charge in [-0.2, -0.15) is 0 Å². The van der Waals surface area contributed by atoms with E-state index in [9.17, 15) is 12.8 Å². The highest BCUT2D eigenvalue weighted by atomic mass is 32.2. The molecule has 1 heterocycles. The quantitative estimate of drug-likeness (QED) is 0.897. The van der Waals surface area contributed by atoms with Crippen LogP contribution in [0.3, 0.4) is 0 Å². The van der Waals surface area contributed by atoms with Gasteiger partial charge in [-0.15, -0.1) is 0 Å². The van der Waals surface area contributed by atoms with Crippen LogP contribution in [0.1, 0.15) is 5.82 Å². The number of aromatic nitrogens is 2. The van der Waals surface area contributed by atoms with Crippen molar-refractivity contribution in [2.75, 3.05) is 19.0 Å². The highest BCUT2D eigenvalue weighted by Gasteiger charge is 2.15. The van der Waals surface area contributed by atoms with E-state index < -0.39 is 15.8 Å². The smallest absolute Gasteiger partial charge is 0.241 e. The molecule has 0 aliphatic heterocycles. The van der Waals surface area contributed by atoms with Crippen LogP contribution >= 0.6 is 0 Å². The lowest BCUT2D eigenvalue weighted by molar-refractivity contribution is 0.575. The lowest BCUT2D eigenvalue weighted by Gasteiger charge is -2.12. The van der Waals surface area contributed by atoms with Crippen LogP contribution in [0.25, 0.3) is 0 Å². The Morgan fingerprint density at radius 3 is 2.71 bits per heavy atom. The summed E-state index contributed by atoms with van der Waals surface area (Å²) in [7, 11) is -0.153. The summed E-state index contributed by atoms with van der Waals surface area (Å²) in [6, 6.07) is 6.52. The summed E-state index contributed by atoms with van der Waals surface area (Å²) in [6.07, 6.45) is 1.55. The molecule has 0 atom stereocenters. The van der Waals surface area contributed by atoms with Crippen molar-refractivity contribution in [1.29, 1.82) is 0 Å². The third kappa shape index (κ3) is 3.96. The van der Waals surface area contributed by atoms with E-state index in [4.69, 9.17) is 0 Å². The number of sulfonamides is 1. The minimum atomic E-state index is -3.80. The summed E-state index contributed by atoms with van der Waals surface area (Å²) in [5.41, 5.74) is 0. The number of nitrogens with one attached hydrogen (secondary N) is 1. The molecule has 21 heavy (non-hydrogen) atoms. The molecule has 0 spiro atoms. The van der Waals surface area contributed by atoms with Gasteiger partial charge in [-0.05, 0) is 24.3 Å². The topological polar surface area (TPSA) is 75.2 Å². The van der Waals surface area contributed by atoms with Crippen molar-refractivity contribution < 1.29 is 12.8 Å². The number of anilines is 1. The zero-order chi connectivity index (χ0) is 15.5. The Kier molecular flexibility index (Phi) is 4.49. The molecule has 0 saturated carbocycles. The molecule has 0 amide bonds. The van der Waals surface area contributed by atoms with Gasteiger partial charge in [0.2, 0.25) is 10.0 Å². The Labute approximate surface area is 122 Å². The molecule has 2 aromatic rings. The number of nitrogens with zero attached hydrogens (tertiary/aromatic N) is 3. The minimum Gasteiger partial charge on any atom is -0.363 e. The predicted octanol–water partition coefficient (Wildman–Crippen LogP) is 1.16. The largest absolute Gasteiger partial charge is 0.363 e. The number of hydrogen-bond acceptors (Lipinski definition) is 5. The second-order valence-electron chi connectivity index (χ2n) is 4.51. The van der Waals surface area contributed by atoms with Gasteiger partial charge in [0, 0.05) is 20.3 Å². The van der Waals surface area contributed by atoms with Gasteiger partial charge >= 0.3 is 0 Å². The summed E-state index contributed by atoms with van der Waals surface area (Å²) in [5, 5.41) is 0. The maximum absolute atomic E-state index is 13.1. The maximum Gasteiger partial charge on any atom is 0.241 e. The molecule has 8 heteroatoms. The van der Waals surface area contributed by atoms with E-state index in [1.54, 1.807) is 17.2 Å². The van der Waals surface area contributed by atoms with Crippen molar-refractivity contribution in [3.8, 4) is 0 Å². The minimum absolute atomic E-state index is 0.0689. The Hall–Kier alpha value is -2.06. The standard InChI is InChI=1S/C13H15FN4O2S/c1-18(2)13-6-7-15-12(17-13)9-16-21(19,20)11-5-3-4-10(14)8-11/h3-8,16H,9H2,1-2H3. The monoisotopic (exact) mass is 310 g/mol. The maximum atomic E-state index is 13.1. The lowest BCUT2D eigenvalue weighted by atomic mass is 10.4. The molecule has 0 saturated heterocycles. The second kappa shape index (κ2) is 6.15. The van der Waals surface area contributed by atoms with Gasteiger partial charge in [-0.1, -0.05) is 6.07 Å². The summed E-state index contributed by atoms with van der Waals surface area (Å²) in [5.74, 6) is 0.398. The van der Waals surface area contributed by atoms with Crippen molar-refractivity contribution >= 4 is 15.8 Å². The average molecular weight is 310 g/mol. The normalized spacial score (nSPS) is 11.4.